The number of nitrogens with zero attached hydrogens (tertiary/aromatic N) is 1. The first kappa shape index (κ1) is 18.3. The highest BCUT2D eigenvalue weighted by molar-refractivity contribution is 7.99. The van der Waals surface area contributed by atoms with Crippen molar-refractivity contribution in [2.45, 2.75) is 23.8 Å². The van der Waals surface area contributed by atoms with Gasteiger partial charge in [-0.1, -0.05) is 23.7 Å². The van der Waals surface area contributed by atoms with Gasteiger partial charge in [0.05, 0.1) is 12.0 Å². The van der Waals surface area contributed by atoms with E-state index in [2.05, 4.69) is 5.32 Å². The third-order valence-electron chi connectivity index (χ3n) is 4.98. The normalized spacial score (nSPS) is 21.9. The zero-order valence-electron chi connectivity index (χ0n) is 14.5. The molecule has 1 saturated heterocycles. The summed E-state index contributed by atoms with van der Waals surface area (Å²) in [5, 5.41) is 3.62. The first-order valence-corrected chi connectivity index (χ1v) is 10.2. The lowest BCUT2D eigenvalue weighted by Gasteiger charge is -2.27. The molecule has 27 heavy (non-hydrogen) atoms. The van der Waals surface area contributed by atoms with E-state index in [0.29, 0.717) is 16.5 Å². The summed E-state index contributed by atoms with van der Waals surface area (Å²) in [6, 6.07) is 11.7. The molecule has 2 amide bonds. The number of rotatable bonds is 3. The Labute approximate surface area is 166 Å². The van der Waals surface area contributed by atoms with Gasteiger partial charge in [0.15, 0.2) is 0 Å². The van der Waals surface area contributed by atoms with Gasteiger partial charge in [0.1, 0.15) is 5.82 Å². The van der Waals surface area contributed by atoms with Crippen LogP contribution in [0.15, 0.2) is 47.4 Å². The number of hydrogen-bond acceptors (Lipinski definition) is 3. The number of hydrogen-bond donors (Lipinski definition) is 1. The molecular formula is C20H18ClFN2O2S. The minimum atomic E-state index is -0.417. The second-order valence-electron chi connectivity index (χ2n) is 6.74. The van der Waals surface area contributed by atoms with Crippen LogP contribution in [0.3, 0.4) is 0 Å². The van der Waals surface area contributed by atoms with Crippen LogP contribution in [0.4, 0.5) is 10.1 Å². The number of halogens is 2. The highest BCUT2D eigenvalue weighted by Crippen LogP contribution is 2.38. The summed E-state index contributed by atoms with van der Waals surface area (Å²) in [4.78, 5) is 27.4. The van der Waals surface area contributed by atoms with Crippen molar-refractivity contribution in [2.24, 2.45) is 5.92 Å². The van der Waals surface area contributed by atoms with E-state index in [1.54, 1.807) is 35.2 Å². The molecule has 2 aliphatic rings. The molecule has 0 saturated carbocycles. The van der Waals surface area contributed by atoms with Gasteiger partial charge in [-0.05, 0) is 42.3 Å². The van der Waals surface area contributed by atoms with Gasteiger partial charge < -0.3 is 10.2 Å². The molecule has 2 unspecified atom stereocenters. The van der Waals surface area contributed by atoms with Gasteiger partial charge >= 0.3 is 0 Å². The molecule has 2 atom stereocenters. The maximum absolute atomic E-state index is 14.0. The quantitative estimate of drug-likeness (QED) is 0.834. The molecule has 7 heteroatoms. The van der Waals surface area contributed by atoms with Crippen molar-refractivity contribution in [1.82, 2.24) is 5.32 Å². The van der Waals surface area contributed by atoms with Crippen molar-refractivity contribution in [3.63, 3.8) is 0 Å². The molecule has 140 valence electrons. The maximum Gasteiger partial charge on any atom is 0.227 e. The summed E-state index contributed by atoms with van der Waals surface area (Å²) in [5.74, 6) is -0.157. The largest absolute Gasteiger partial charge is 0.349 e. The minimum absolute atomic E-state index is 0.0804. The van der Waals surface area contributed by atoms with Crippen LogP contribution in [0.25, 0.3) is 0 Å². The van der Waals surface area contributed by atoms with Crippen LogP contribution < -0.4 is 10.2 Å². The summed E-state index contributed by atoms with van der Waals surface area (Å²) in [7, 11) is 0. The standard InChI is InChI=1S/C20H18ClFN2O2S/c21-13-4-6-14(7-5-13)24-11-12(10-18(24)25)20(26)23-17-8-9-27-19-15(17)2-1-3-16(19)22/h1-7,12,17H,8-11H2,(H,23,26). The Morgan fingerprint density at radius 1 is 1.22 bits per heavy atom. The van der Waals surface area contributed by atoms with E-state index in [0.717, 1.165) is 23.4 Å². The van der Waals surface area contributed by atoms with E-state index in [-0.39, 0.29) is 30.1 Å². The molecular weight excluding hydrogens is 387 g/mol. The highest BCUT2D eigenvalue weighted by atomic mass is 35.5. The average Bonchev–Trinajstić information content (AvgIpc) is 3.05. The summed E-state index contributed by atoms with van der Waals surface area (Å²) in [6.45, 7) is 0.337. The fourth-order valence-corrected chi connectivity index (χ4v) is 4.85. The predicted molar refractivity (Wildman–Crippen MR) is 105 cm³/mol. The Hall–Kier alpha value is -2.05. The van der Waals surface area contributed by atoms with Crippen molar-refractivity contribution >= 4 is 40.9 Å². The van der Waals surface area contributed by atoms with Crippen molar-refractivity contribution in [2.75, 3.05) is 17.2 Å². The van der Waals surface area contributed by atoms with E-state index < -0.39 is 5.92 Å². The Bertz CT molecular complexity index is 890. The Morgan fingerprint density at radius 3 is 2.78 bits per heavy atom. The molecule has 1 N–H and O–H groups in total. The van der Waals surface area contributed by atoms with Crippen LogP contribution in [0.2, 0.25) is 5.02 Å². The summed E-state index contributed by atoms with van der Waals surface area (Å²) in [5.41, 5.74) is 1.56. The first-order valence-electron chi connectivity index (χ1n) is 8.80. The van der Waals surface area contributed by atoms with Gasteiger partial charge in [-0.15, -0.1) is 11.8 Å². The minimum Gasteiger partial charge on any atom is -0.349 e. The molecule has 0 spiro atoms. The number of carbonyl (C=O) groups is 2. The Balaban J connectivity index is 1.46. The van der Waals surface area contributed by atoms with Gasteiger partial charge in [-0.3, -0.25) is 9.59 Å². The summed E-state index contributed by atoms with van der Waals surface area (Å²) >= 11 is 7.38. The fraction of sp³-hybridized carbons (Fsp3) is 0.300. The van der Waals surface area contributed by atoms with Gasteiger partial charge in [-0.25, -0.2) is 4.39 Å². The lowest BCUT2D eigenvalue weighted by atomic mass is 10.0. The number of thioether (sulfide) groups is 1. The zero-order valence-corrected chi connectivity index (χ0v) is 16.0. The Morgan fingerprint density at radius 2 is 2.00 bits per heavy atom. The van der Waals surface area contributed by atoms with Gasteiger partial charge in [0, 0.05) is 34.3 Å². The number of fused-ring (bicyclic) bond motifs is 1. The molecule has 2 aromatic rings. The van der Waals surface area contributed by atoms with Crippen molar-refractivity contribution in [3.8, 4) is 0 Å². The Kier molecular flexibility index (Phi) is 5.10. The number of amides is 2. The summed E-state index contributed by atoms with van der Waals surface area (Å²) < 4.78 is 14.0. The molecule has 0 aliphatic carbocycles. The van der Waals surface area contributed by atoms with Crippen LogP contribution in [0.1, 0.15) is 24.4 Å². The monoisotopic (exact) mass is 404 g/mol. The molecule has 4 rings (SSSR count). The molecule has 2 aliphatic heterocycles. The molecule has 4 nitrogen and oxygen atoms in total. The van der Waals surface area contributed by atoms with Crippen LogP contribution in [0, 0.1) is 11.7 Å². The van der Waals surface area contributed by atoms with E-state index in [9.17, 15) is 14.0 Å². The maximum atomic E-state index is 14.0. The van der Waals surface area contributed by atoms with Crippen LogP contribution >= 0.6 is 23.4 Å². The van der Waals surface area contributed by atoms with Gasteiger partial charge in [0.2, 0.25) is 11.8 Å². The molecule has 0 radical (unpaired) electrons. The molecule has 2 aromatic carbocycles. The van der Waals surface area contributed by atoms with E-state index in [1.807, 2.05) is 6.07 Å². The summed E-state index contributed by atoms with van der Waals surface area (Å²) in [6.07, 6.45) is 0.917. The first-order chi connectivity index (χ1) is 13.0. The van der Waals surface area contributed by atoms with Gasteiger partial charge in [-0.2, -0.15) is 0 Å². The van der Waals surface area contributed by atoms with Crippen LogP contribution in [-0.4, -0.2) is 24.1 Å². The fourth-order valence-electron chi connectivity index (χ4n) is 3.58. The smallest absolute Gasteiger partial charge is 0.227 e. The van der Waals surface area contributed by atoms with Crippen molar-refractivity contribution < 1.29 is 14.0 Å². The molecule has 0 aromatic heterocycles. The third kappa shape index (κ3) is 3.69. The van der Waals surface area contributed by atoms with Crippen molar-refractivity contribution in [3.05, 3.63) is 58.9 Å². The van der Waals surface area contributed by atoms with E-state index in [1.165, 1.54) is 17.8 Å². The predicted octanol–water partition coefficient (Wildman–Crippen LogP) is 4.19. The second-order valence-corrected chi connectivity index (χ2v) is 8.28. The van der Waals surface area contributed by atoms with Crippen molar-refractivity contribution in [1.29, 1.82) is 0 Å². The number of anilines is 1. The molecule has 1 fully saturated rings. The zero-order chi connectivity index (χ0) is 19.0. The number of nitrogens with one attached hydrogen (secondary N) is 1. The third-order valence-corrected chi connectivity index (χ3v) is 6.39. The average molecular weight is 405 g/mol. The number of benzene rings is 2. The SMILES string of the molecule is O=C(NC1CCSc2c(F)cccc21)C1CC(=O)N(c2ccc(Cl)cc2)C1. The lowest BCUT2D eigenvalue weighted by molar-refractivity contribution is -0.127. The van der Waals surface area contributed by atoms with E-state index in [4.69, 9.17) is 11.6 Å². The molecule has 2 heterocycles. The van der Waals surface area contributed by atoms with Gasteiger partial charge in [0.25, 0.3) is 0 Å². The highest BCUT2D eigenvalue weighted by Gasteiger charge is 2.36. The topological polar surface area (TPSA) is 49.4 Å². The van der Waals surface area contributed by atoms with Crippen LogP contribution in [-0.2, 0) is 9.59 Å². The second kappa shape index (κ2) is 7.52. The lowest BCUT2D eigenvalue weighted by Crippen LogP contribution is -2.36. The molecule has 0 bridgehead atoms. The van der Waals surface area contributed by atoms with E-state index >= 15 is 0 Å². The van der Waals surface area contributed by atoms with Crippen LogP contribution in [0.5, 0.6) is 0 Å². The number of carbonyl (C=O) groups excluding carboxylic acids is 2.